The van der Waals surface area contributed by atoms with E-state index in [1.54, 1.807) is 12.1 Å². The molecule has 2 aromatic rings. The largest absolute Gasteiger partial charge is 0.488 e. The Balaban J connectivity index is 1.60. The first-order valence-corrected chi connectivity index (χ1v) is 7.42. The second-order valence-electron chi connectivity index (χ2n) is 5.47. The maximum Gasteiger partial charge on any atom is 0.289 e. The molecular weight excluding hydrogens is 300 g/mol. The molecule has 0 bridgehead atoms. The number of amides is 1. The predicted octanol–water partition coefficient (Wildman–Crippen LogP) is 0.736. The van der Waals surface area contributed by atoms with Crippen LogP contribution >= 0.6 is 0 Å². The monoisotopic (exact) mass is 318 g/mol. The van der Waals surface area contributed by atoms with E-state index in [2.05, 4.69) is 10.3 Å². The van der Waals surface area contributed by atoms with Crippen LogP contribution in [-0.2, 0) is 0 Å². The van der Waals surface area contributed by atoms with Crippen LogP contribution in [0.2, 0.25) is 0 Å². The van der Waals surface area contributed by atoms with E-state index in [1.165, 1.54) is 6.20 Å². The molecule has 0 radical (unpaired) electrons. The van der Waals surface area contributed by atoms with E-state index >= 15 is 0 Å². The fourth-order valence-electron chi connectivity index (χ4n) is 2.67. The van der Waals surface area contributed by atoms with E-state index < -0.39 is 30.3 Å². The highest BCUT2D eigenvalue weighted by atomic mass is 16.5. The summed E-state index contributed by atoms with van der Waals surface area (Å²) in [5.74, 6) is 0.225. The van der Waals surface area contributed by atoms with Crippen LogP contribution in [0.1, 0.15) is 23.4 Å². The van der Waals surface area contributed by atoms with Gasteiger partial charge in [-0.2, -0.15) is 0 Å². The molecule has 0 aliphatic heterocycles. The van der Waals surface area contributed by atoms with Crippen molar-refractivity contribution in [2.75, 3.05) is 0 Å². The number of hydrogen-bond acceptors (Lipinski definition) is 6. The number of benzene rings is 1. The summed E-state index contributed by atoms with van der Waals surface area (Å²) in [4.78, 5) is 15.6. The Morgan fingerprint density at radius 1 is 1.22 bits per heavy atom. The Morgan fingerprint density at radius 3 is 2.70 bits per heavy atom. The van der Waals surface area contributed by atoms with Gasteiger partial charge in [-0.1, -0.05) is 18.2 Å². The summed E-state index contributed by atoms with van der Waals surface area (Å²) in [5, 5.41) is 23.1. The first-order valence-electron chi connectivity index (χ1n) is 7.42. The normalized spacial score (nSPS) is 27.4. The summed E-state index contributed by atoms with van der Waals surface area (Å²) in [5.41, 5.74) is 0. The Labute approximate surface area is 132 Å². The van der Waals surface area contributed by atoms with Crippen molar-refractivity contribution in [3.05, 3.63) is 48.7 Å². The standard InChI is InChI=1S/C16H18N2O5/c19-14-11(18-16(21)13-8-17-9-22-13)6-7-12(15(14)20)23-10-4-2-1-3-5-10/h1-5,8-9,11-12,14-15,19-20H,6-7H2,(H,18,21)/t11-,12-,14-,15-/m1/s1. The number of para-hydroxylation sites is 1. The predicted molar refractivity (Wildman–Crippen MR) is 79.9 cm³/mol. The van der Waals surface area contributed by atoms with Gasteiger partial charge in [0, 0.05) is 0 Å². The molecular formula is C16H18N2O5. The quantitative estimate of drug-likeness (QED) is 0.768. The number of rotatable bonds is 4. The molecule has 1 amide bonds. The number of ether oxygens (including phenoxy) is 1. The third kappa shape index (κ3) is 3.52. The van der Waals surface area contributed by atoms with Gasteiger partial charge in [-0.3, -0.25) is 4.79 Å². The molecule has 1 fully saturated rings. The summed E-state index contributed by atoms with van der Waals surface area (Å²) in [6.45, 7) is 0. The lowest BCUT2D eigenvalue weighted by molar-refractivity contribution is -0.0875. The summed E-state index contributed by atoms with van der Waals surface area (Å²) in [7, 11) is 0. The van der Waals surface area contributed by atoms with Crippen molar-refractivity contribution in [3.63, 3.8) is 0 Å². The minimum atomic E-state index is -1.12. The molecule has 7 heteroatoms. The molecule has 3 N–H and O–H groups in total. The van der Waals surface area contributed by atoms with Crippen LogP contribution in [0.4, 0.5) is 0 Å². The average Bonchev–Trinajstić information content (AvgIpc) is 3.10. The zero-order valence-electron chi connectivity index (χ0n) is 12.3. The summed E-state index contributed by atoms with van der Waals surface area (Å²) in [6.07, 6.45) is 0.705. The van der Waals surface area contributed by atoms with Gasteiger partial charge >= 0.3 is 0 Å². The molecule has 23 heavy (non-hydrogen) atoms. The summed E-state index contributed by atoms with van der Waals surface area (Å²) in [6, 6.07) is 8.54. The summed E-state index contributed by atoms with van der Waals surface area (Å²) >= 11 is 0. The second-order valence-corrected chi connectivity index (χ2v) is 5.47. The van der Waals surface area contributed by atoms with E-state index in [9.17, 15) is 15.0 Å². The van der Waals surface area contributed by atoms with Crippen molar-refractivity contribution >= 4 is 5.91 Å². The Morgan fingerprint density at radius 2 is 2.00 bits per heavy atom. The van der Waals surface area contributed by atoms with Crippen LogP contribution in [-0.4, -0.2) is 45.5 Å². The van der Waals surface area contributed by atoms with Gasteiger partial charge in [-0.05, 0) is 25.0 Å². The van der Waals surface area contributed by atoms with Crippen LogP contribution in [0.3, 0.4) is 0 Å². The number of nitrogens with zero attached hydrogens (tertiary/aromatic N) is 1. The number of aliphatic hydroxyl groups excluding tert-OH is 2. The lowest BCUT2D eigenvalue weighted by atomic mass is 9.87. The van der Waals surface area contributed by atoms with Crippen molar-refractivity contribution in [1.82, 2.24) is 10.3 Å². The molecule has 4 atom stereocenters. The number of aromatic nitrogens is 1. The topological polar surface area (TPSA) is 105 Å². The van der Waals surface area contributed by atoms with Crippen molar-refractivity contribution < 1.29 is 24.2 Å². The van der Waals surface area contributed by atoms with E-state index in [-0.39, 0.29) is 5.76 Å². The molecule has 1 heterocycles. The third-order valence-electron chi connectivity index (χ3n) is 3.91. The fraction of sp³-hybridized carbons (Fsp3) is 0.375. The number of nitrogens with one attached hydrogen (secondary N) is 1. The van der Waals surface area contributed by atoms with E-state index in [1.807, 2.05) is 18.2 Å². The molecule has 0 saturated heterocycles. The van der Waals surface area contributed by atoms with Gasteiger partial charge in [-0.25, -0.2) is 4.98 Å². The van der Waals surface area contributed by atoms with Gasteiger partial charge in [0.2, 0.25) is 5.76 Å². The number of hydrogen-bond donors (Lipinski definition) is 3. The van der Waals surface area contributed by atoms with Crippen molar-refractivity contribution in [1.29, 1.82) is 0 Å². The zero-order chi connectivity index (χ0) is 16.2. The number of oxazole rings is 1. The molecule has 122 valence electrons. The fourth-order valence-corrected chi connectivity index (χ4v) is 2.67. The van der Waals surface area contributed by atoms with Crippen molar-refractivity contribution in [2.24, 2.45) is 0 Å². The zero-order valence-corrected chi connectivity index (χ0v) is 12.3. The highest BCUT2D eigenvalue weighted by Crippen LogP contribution is 2.25. The summed E-state index contributed by atoms with van der Waals surface area (Å²) < 4.78 is 10.6. The molecule has 7 nitrogen and oxygen atoms in total. The van der Waals surface area contributed by atoms with Crippen LogP contribution in [0.25, 0.3) is 0 Å². The lowest BCUT2D eigenvalue weighted by Gasteiger charge is -2.37. The molecule has 1 saturated carbocycles. The second kappa shape index (κ2) is 6.80. The number of aliphatic hydroxyl groups is 2. The van der Waals surface area contributed by atoms with Crippen LogP contribution < -0.4 is 10.1 Å². The van der Waals surface area contributed by atoms with Gasteiger partial charge < -0.3 is 24.7 Å². The third-order valence-corrected chi connectivity index (χ3v) is 3.91. The Bertz CT molecular complexity index is 631. The molecule has 3 rings (SSSR count). The van der Waals surface area contributed by atoms with Crippen molar-refractivity contribution in [2.45, 2.75) is 37.2 Å². The molecule has 1 aliphatic rings. The Hall–Kier alpha value is -2.38. The van der Waals surface area contributed by atoms with E-state index in [4.69, 9.17) is 9.15 Å². The minimum absolute atomic E-state index is 0.0642. The first kappa shape index (κ1) is 15.5. The highest BCUT2D eigenvalue weighted by molar-refractivity contribution is 5.91. The SMILES string of the molecule is O=C(N[C@@H]1CC[C@@H](Oc2ccccc2)[C@@H](O)[C@@H]1O)c1cnco1. The van der Waals surface area contributed by atoms with Gasteiger partial charge in [0.1, 0.15) is 24.1 Å². The van der Waals surface area contributed by atoms with Gasteiger partial charge in [-0.15, -0.1) is 0 Å². The van der Waals surface area contributed by atoms with Crippen LogP contribution in [0, 0.1) is 0 Å². The van der Waals surface area contributed by atoms with E-state index in [0.29, 0.717) is 18.6 Å². The smallest absolute Gasteiger partial charge is 0.289 e. The Kier molecular flexibility index (Phi) is 4.59. The minimum Gasteiger partial charge on any atom is -0.488 e. The van der Waals surface area contributed by atoms with Crippen LogP contribution in [0.5, 0.6) is 5.75 Å². The average molecular weight is 318 g/mol. The maximum atomic E-state index is 11.9. The van der Waals surface area contributed by atoms with Crippen molar-refractivity contribution in [3.8, 4) is 5.75 Å². The molecule has 1 aromatic carbocycles. The van der Waals surface area contributed by atoms with Gasteiger partial charge in [0.05, 0.1) is 12.2 Å². The van der Waals surface area contributed by atoms with Gasteiger partial charge in [0.25, 0.3) is 5.91 Å². The lowest BCUT2D eigenvalue weighted by Crippen LogP contribution is -2.57. The first-order chi connectivity index (χ1) is 11.1. The van der Waals surface area contributed by atoms with Crippen LogP contribution in [0.15, 0.2) is 47.3 Å². The molecule has 1 aliphatic carbocycles. The molecule has 0 unspecified atom stereocenters. The maximum absolute atomic E-state index is 11.9. The van der Waals surface area contributed by atoms with Gasteiger partial charge in [0.15, 0.2) is 6.39 Å². The molecule has 1 aromatic heterocycles. The highest BCUT2D eigenvalue weighted by Gasteiger charge is 2.39. The van der Waals surface area contributed by atoms with E-state index in [0.717, 1.165) is 6.39 Å². The number of carbonyl (C=O) groups is 1. The molecule has 0 spiro atoms. The number of carbonyl (C=O) groups excluding carboxylic acids is 1.